The number of amides is 1. The van der Waals surface area contributed by atoms with Gasteiger partial charge in [0, 0.05) is 30.0 Å². The van der Waals surface area contributed by atoms with Crippen molar-refractivity contribution in [2.24, 2.45) is 0 Å². The number of hydrogen-bond donors (Lipinski definition) is 1. The van der Waals surface area contributed by atoms with Gasteiger partial charge in [-0.2, -0.15) is 0 Å². The molecule has 0 radical (unpaired) electrons. The summed E-state index contributed by atoms with van der Waals surface area (Å²) < 4.78 is 10.4. The molecule has 2 aromatic rings. The highest BCUT2D eigenvalue weighted by molar-refractivity contribution is 6.36. The van der Waals surface area contributed by atoms with Crippen LogP contribution in [0.25, 0.3) is 11.3 Å². The number of nitrogens with zero attached hydrogens (tertiary/aromatic N) is 1. The van der Waals surface area contributed by atoms with Crippen LogP contribution in [0.1, 0.15) is 25.7 Å². The molecule has 134 valence electrons. The molecule has 1 amide bonds. The van der Waals surface area contributed by atoms with Crippen molar-refractivity contribution in [1.29, 1.82) is 0 Å². The third-order valence-electron chi connectivity index (χ3n) is 3.27. The molecule has 0 saturated heterocycles. The summed E-state index contributed by atoms with van der Waals surface area (Å²) in [6.07, 6.45) is 2.26. The van der Waals surface area contributed by atoms with Gasteiger partial charge in [0.05, 0.1) is 24.2 Å². The highest BCUT2D eigenvalue weighted by Crippen LogP contribution is 2.30. The maximum atomic E-state index is 11.8. The lowest BCUT2D eigenvalue weighted by atomic mass is 10.2. The fraction of sp³-hybridized carbons (Fsp3) is 0.353. The van der Waals surface area contributed by atoms with E-state index >= 15 is 0 Å². The Morgan fingerprint density at radius 1 is 1.28 bits per heavy atom. The second-order valence-electron chi connectivity index (χ2n) is 5.15. The fourth-order valence-corrected chi connectivity index (χ4v) is 2.59. The minimum atomic E-state index is -0.333. The van der Waals surface area contributed by atoms with Crippen LogP contribution < -0.4 is 5.32 Å². The number of carbonyl (C=O) groups excluding carboxylic acids is 2. The van der Waals surface area contributed by atoms with Gasteiger partial charge in [-0.25, -0.2) is 4.98 Å². The molecule has 0 aliphatic heterocycles. The van der Waals surface area contributed by atoms with E-state index in [4.69, 9.17) is 32.4 Å². The highest BCUT2D eigenvalue weighted by atomic mass is 35.5. The molecule has 1 aromatic heterocycles. The van der Waals surface area contributed by atoms with Gasteiger partial charge in [-0.15, -0.1) is 0 Å². The Bertz CT molecular complexity index is 746. The van der Waals surface area contributed by atoms with E-state index in [-0.39, 0.29) is 31.3 Å². The van der Waals surface area contributed by atoms with Crippen LogP contribution in [0.4, 0.5) is 0 Å². The van der Waals surface area contributed by atoms with Crippen molar-refractivity contribution >= 4 is 35.1 Å². The number of aryl methyl sites for hydroxylation is 1. The van der Waals surface area contributed by atoms with Gasteiger partial charge in [0.25, 0.3) is 0 Å². The van der Waals surface area contributed by atoms with Crippen molar-refractivity contribution in [2.75, 3.05) is 13.2 Å². The molecular formula is C17H18Cl2N2O4. The predicted molar refractivity (Wildman–Crippen MR) is 94.5 cm³/mol. The van der Waals surface area contributed by atoms with Gasteiger partial charge in [-0.1, -0.05) is 23.2 Å². The number of ether oxygens (including phenoxy) is 1. The van der Waals surface area contributed by atoms with E-state index in [0.717, 1.165) is 0 Å². The SMILES string of the molecule is CCOC(=O)CCNC(=O)CCc1ncc(-c2ccc(Cl)cc2Cl)o1. The summed E-state index contributed by atoms with van der Waals surface area (Å²) in [6.45, 7) is 2.31. The van der Waals surface area contributed by atoms with Crippen molar-refractivity contribution in [3.8, 4) is 11.3 Å². The zero-order valence-corrected chi connectivity index (χ0v) is 15.2. The van der Waals surface area contributed by atoms with Gasteiger partial charge in [0.15, 0.2) is 11.7 Å². The Morgan fingerprint density at radius 3 is 2.80 bits per heavy atom. The number of nitrogens with one attached hydrogen (secondary N) is 1. The second-order valence-corrected chi connectivity index (χ2v) is 5.99. The molecule has 0 fully saturated rings. The normalized spacial score (nSPS) is 10.5. The molecule has 2 rings (SSSR count). The lowest BCUT2D eigenvalue weighted by Gasteiger charge is -2.04. The maximum Gasteiger partial charge on any atom is 0.307 e. The highest BCUT2D eigenvalue weighted by Gasteiger charge is 2.12. The van der Waals surface area contributed by atoms with Crippen LogP contribution in [-0.4, -0.2) is 30.0 Å². The first kappa shape index (κ1) is 19.3. The molecule has 0 bridgehead atoms. The molecule has 1 heterocycles. The maximum absolute atomic E-state index is 11.8. The summed E-state index contributed by atoms with van der Waals surface area (Å²) in [6, 6.07) is 5.08. The molecule has 1 N–H and O–H groups in total. The average molecular weight is 385 g/mol. The van der Waals surface area contributed by atoms with Gasteiger partial charge in [-0.05, 0) is 25.1 Å². The Hall–Kier alpha value is -2.05. The second kappa shape index (κ2) is 9.44. The first-order valence-corrected chi connectivity index (χ1v) is 8.57. The zero-order chi connectivity index (χ0) is 18.2. The van der Waals surface area contributed by atoms with E-state index in [0.29, 0.717) is 40.3 Å². The molecule has 25 heavy (non-hydrogen) atoms. The molecule has 1 aromatic carbocycles. The van der Waals surface area contributed by atoms with Crippen LogP contribution in [0.15, 0.2) is 28.8 Å². The summed E-state index contributed by atoms with van der Waals surface area (Å²) in [7, 11) is 0. The molecular weight excluding hydrogens is 367 g/mol. The smallest absolute Gasteiger partial charge is 0.307 e. The monoisotopic (exact) mass is 384 g/mol. The first-order chi connectivity index (χ1) is 12.0. The quantitative estimate of drug-likeness (QED) is 0.702. The fourth-order valence-electron chi connectivity index (χ4n) is 2.09. The molecule has 0 saturated carbocycles. The van der Waals surface area contributed by atoms with Crippen molar-refractivity contribution in [3.05, 3.63) is 40.3 Å². The van der Waals surface area contributed by atoms with E-state index < -0.39 is 0 Å². The lowest BCUT2D eigenvalue weighted by molar-refractivity contribution is -0.143. The zero-order valence-electron chi connectivity index (χ0n) is 13.7. The van der Waals surface area contributed by atoms with Gasteiger partial charge in [-0.3, -0.25) is 9.59 Å². The summed E-state index contributed by atoms with van der Waals surface area (Å²) in [4.78, 5) is 27.1. The summed E-state index contributed by atoms with van der Waals surface area (Å²) in [5, 5.41) is 3.65. The van der Waals surface area contributed by atoms with Crippen LogP contribution in [0.3, 0.4) is 0 Å². The van der Waals surface area contributed by atoms with Crippen molar-refractivity contribution < 1.29 is 18.7 Å². The largest absolute Gasteiger partial charge is 0.466 e. The third-order valence-corrected chi connectivity index (χ3v) is 3.82. The number of rotatable bonds is 8. The predicted octanol–water partition coefficient (Wildman–Crippen LogP) is 3.65. The molecule has 8 heteroatoms. The Morgan fingerprint density at radius 2 is 2.08 bits per heavy atom. The number of carbonyl (C=O) groups is 2. The minimum Gasteiger partial charge on any atom is -0.466 e. The topological polar surface area (TPSA) is 81.4 Å². The molecule has 0 unspecified atom stereocenters. The number of oxazole rings is 1. The van der Waals surface area contributed by atoms with Crippen LogP contribution >= 0.6 is 23.2 Å². The van der Waals surface area contributed by atoms with Crippen molar-refractivity contribution in [3.63, 3.8) is 0 Å². The summed E-state index contributed by atoms with van der Waals surface area (Å²) in [5.74, 6) is 0.425. The van der Waals surface area contributed by atoms with Crippen LogP contribution in [0, 0.1) is 0 Å². The average Bonchev–Trinajstić information content (AvgIpc) is 3.02. The van der Waals surface area contributed by atoms with Gasteiger partial charge in [0.2, 0.25) is 5.91 Å². The van der Waals surface area contributed by atoms with E-state index in [9.17, 15) is 9.59 Å². The van der Waals surface area contributed by atoms with Crippen LogP contribution in [0.2, 0.25) is 10.0 Å². The summed E-state index contributed by atoms with van der Waals surface area (Å²) >= 11 is 12.0. The molecule has 0 aliphatic carbocycles. The number of halogens is 2. The Balaban J connectivity index is 1.81. The minimum absolute atomic E-state index is 0.151. The molecule has 0 atom stereocenters. The van der Waals surface area contributed by atoms with Gasteiger partial charge >= 0.3 is 5.97 Å². The number of aromatic nitrogens is 1. The van der Waals surface area contributed by atoms with E-state index in [1.165, 1.54) is 0 Å². The van der Waals surface area contributed by atoms with Crippen LogP contribution in [0.5, 0.6) is 0 Å². The van der Waals surface area contributed by atoms with Crippen molar-refractivity contribution in [1.82, 2.24) is 10.3 Å². The Kier molecular flexibility index (Phi) is 7.28. The number of hydrogen-bond acceptors (Lipinski definition) is 5. The van der Waals surface area contributed by atoms with Crippen molar-refractivity contribution in [2.45, 2.75) is 26.2 Å². The molecule has 6 nitrogen and oxygen atoms in total. The first-order valence-electron chi connectivity index (χ1n) is 7.82. The molecule has 0 aliphatic rings. The van der Waals surface area contributed by atoms with Crippen LogP contribution in [-0.2, 0) is 20.7 Å². The summed E-state index contributed by atoms with van der Waals surface area (Å²) in [5.41, 5.74) is 0.684. The number of esters is 1. The number of benzene rings is 1. The standard InChI is InChI=1S/C17H18Cl2N2O4/c1-2-24-17(23)7-8-20-15(22)5-6-16-21-10-14(25-16)12-4-3-11(18)9-13(12)19/h3-4,9-10H,2,5-8H2,1H3,(H,20,22). The lowest BCUT2D eigenvalue weighted by Crippen LogP contribution is -2.26. The molecule has 0 spiro atoms. The van der Waals surface area contributed by atoms with E-state index in [1.54, 1.807) is 31.3 Å². The van der Waals surface area contributed by atoms with Gasteiger partial charge in [0.1, 0.15) is 0 Å². The Labute approximate surface area is 155 Å². The van der Waals surface area contributed by atoms with E-state index in [2.05, 4.69) is 10.3 Å². The van der Waals surface area contributed by atoms with E-state index in [1.807, 2.05) is 0 Å². The van der Waals surface area contributed by atoms with Gasteiger partial charge < -0.3 is 14.5 Å². The third kappa shape index (κ3) is 6.07.